The fourth-order valence-electron chi connectivity index (χ4n) is 3.98. The molecule has 0 atom stereocenters. The molecule has 0 aliphatic carbocycles. The molecule has 1 N–H and O–H groups in total. The maximum Gasteiger partial charge on any atom is 0.308 e. The van der Waals surface area contributed by atoms with Crippen LogP contribution >= 0.6 is 22.9 Å². The Balaban J connectivity index is 1.41. The topological polar surface area (TPSA) is 88.5 Å². The fourth-order valence-corrected chi connectivity index (χ4v) is 6.75. The minimum Gasteiger partial charge on any atom is -0.352 e. The van der Waals surface area contributed by atoms with Crippen molar-refractivity contribution in [3.05, 3.63) is 62.7 Å². The van der Waals surface area contributed by atoms with Crippen LogP contribution in [0.25, 0.3) is 10.2 Å². The van der Waals surface area contributed by atoms with E-state index < -0.39 is 10.0 Å². The molecule has 0 spiro atoms. The van der Waals surface area contributed by atoms with Crippen molar-refractivity contribution >= 4 is 49.1 Å². The predicted molar refractivity (Wildman–Crippen MR) is 127 cm³/mol. The number of benzene rings is 2. The van der Waals surface area contributed by atoms with E-state index in [9.17, 15) is 18.0 Å². The summed E-state index contributed by atoms with van der Waals surface area (Å²) < 4.78 is 30.0. The molecule has 1 fully saturated rings. The number of fused-ring (bicyclic) bond motifs is 1. The Morgan fingerprint density at radius 2 is 1.91 bits per heavy atom. The minimum atomic E-state index is -3.69. The maximum atomic E-state index is 13.1. The maximum absolute atomic E-state index is 13.1. The molecular formula is C22H24ClN3O4S2. The average Bonchev–Trinajstić information content (AvgIpc) is 3.12. The quantitative estimate of drug-likeness (QED) is 0.569. The van der Waals surface area contributed by atoms with Crippen molar-refractivity contribution in [3.8, 4) is 0 Å². The molecule has 3 aromatic rings. The van der Waals surface area contributed by atoms with Gasteiger partial charge in [0, 0.05) is 37.1 Å². The third-order valence-corrected chi connectivity index (χ3v) is 9.03. The van der Waals surface area contributed by atoms with E-state index in [2.05, 4.69) is 5.32 Å². The third kappa shape index (κ3) is 4.47. The molecule has 0 saturated carbocycles. The van der Waals surface area contributed by atoms with Crippen molar-refractivity contribution in [2.75, 3.05) is 13.1 Å². The van der Waals surface area contributed by atoms with Gasteiger partial charge in [-0.25, -0.2) is 8.42 Å². The number of amides is 1. The van der Waals surface area contributed by atoms with Gasteiger partial charge in [-0.05, 0) is 49.6 Å². The molecule has 4 rings (SSSR count). The lowest BCUT2D eigenvalue weighted by molar-refractivity contribution is -0.126. The number of carbonyl (C=O) groups is 1. The lowest BCUT2D eigenvalue weighted by Crippen LogP contribution is -2.42. The van der Waals surface area contributed by atoms with Gasteiger partial charge in [0.15, 0.2) is 0 Å². The summed E-state index contributed by atoms with van der Waals surface area (Å²) >= 11 is 7.18. The van der Waals surface area contributed by atoms with Gasteiger partial charge in [-0.2, -0.15) is 4.31 Å². The summed E-state index contributed by atoms with van der Waals surface area (Å²) in [7, 11) is -3.69. The number of hydrogen-bond donors (Lipinski definition) is 1. The molecule has 1 aliphatic rings. The summed E-state index contributed by atoms with van der Waals surface area (Å²) in [5, 5.41) is 3.51. The number of aromatic nitrogens is 1. The second-order valence-electron chi connectivity index (χ2n) is 7.73. The van der Waals surface area contributed by atoms with Crippen LogP contribution in [-0.2, 0) is 27.9 Å². The summed E-state index contributed by atoms with van der Waals surface area (Å²) in [6.07, 6.45) is 0.907. The van der Waals surface area contributed by atoms with Gasteiger partial charge in [0.2, 0.25) is 15.9 Å². The Hall–Kier alpha value is -2.20. The average molecular weight is 494 g/mol. The second-order valence-corrected chi connectivity index (χ2v) is 11.1. The van der Waals surface area contributed by atoms with E-state index in [4.69, 9.17) is 11.6 Å². The molecule has 1 aromatic heterocycles. The number of nitrogens with one attached hydrogen (secondary N) is 1. The highest BCUT2D eigenvalue weighted by Gasteiger charge is 2.32. The molecule has 0 bridgehead atoms. The lowest BCUT2D eigenvalue weighted by Gasteiger charge is -2.30. The second kappa shape index (κ2) is 9.35. The van der Waals surface area contributed by atoms with Gasteiger partial charge in [-0.3, -0.25) is 14.2 Å². The SMILES string of the molecule is CCn1c(=O)sc2cc(S(=O)(=O)N3CCC(C(=O)NCc4ccccc4Cl)CC3)ccc21. The summed E-state index contributed by atoms with van der Waals surface area (Å²) in [6.45, 7) is 3.31. The van der Waals surface area contributed by atoms with E-state index in [-0.39, 0.29) is 34.7 Å². The molecule has 2 heterocycles. The zero-order valence-corrected chi connectivity index (χ0v) is 20.0. The number of aryl methyl sites for hydroxylation is 1. The molecular weight excluding hydrogens is 470 g/mol. The van der Waals surface area contributed by atoms with Gasteiger partial charge in [0.05, 0.1) is 15.1 Å². The molecule has 10 heteroatoms. The summed E-state index contributed by atoms with van der Waals surface area (Å²) in [5.74, 6) is -0.329. The van der Waals surface area contributed by atoms with Crippen LogP contribution in [-0.4, -0.2) is 36.3 Å². The minimum absolute atomic E-state index is 0.0888. The number of carbonyl (C=O) groups excluding carboxylic acids is 1. The van der Waals surface area contributed by atoms with Crippen LogP contribution in [0.4, 0.5) is 0 Å². The zero-order valence-electron chi connectivity index (χ0n) is 17.6. The number of rotatable bonds is 6. The number of halogens is 1. The summed E-state index contributed by atoms with van der Waals surface area (Å²) in [6, 6.07) is 12.2. The summed E-state index contributed by atoms with van der Waals surface area (Å²) in [4.78, 5) is 24.7. The standard InChI is InChI=1S/C22H24ClN3O4S2/c1-2-26-19-8-7-17(13-20(19)31-22(26)28)32(29,30)25-11-9-15(10-12-25)21(27)24-14-16-5-3-4-6-18(16)23/h3-8,13,15H,2,9-12,14H2,1H3,(H,24,27). The predicted octanol–water partition coefficient (Wildman–Crippen LogP) is 3.45. The number of piperidine rings is 1. The van der Waals surface area contributed by atoms with Gasteiger partial charge < -0.3 is 5.32 Å². The van der Waals surface area contributed by atoms with Gasteiger partial charge in [0.25, 0.3) is 0 Å². The van der Waals surface area contributed by atoms with E-state index >= 15 is 0 Å². The Morgan fingerprint density at radius 1 is 1.19 bits per heavy atom. The van der Waals surface area contributed by atoms with Crippen LogP contribution in [0, 0.1) is 5.92 Å². The van der Waals surface area contributed by atoms with E-state index in [1.54, 1.807) is 28.8 Å². The smallest absolute Gasteiger partial charge is 0.308 e. The van der Waals surface area contributed by atoms with Gasteiger partial charge in [-0.15, -0.1) is 0 Å². The van der Waals surface area contributed by atoms with Crippen molar-refractivity contribution in [2.45, 2.75) is 37.8 Å². The van der Waals surface area contributed by atoms with Crippen molar-refractivity contribution in [1.82, 2.24) is 14.2 Å². The number of nitrogens with zero attached hydrogens (tertiary/aromatic N) is 2. The van der Waals surface area contributed by atoms with Crippen LogP contribution in [0.2, 0.25) is 5.02 Å². The number of hydrogen-bond acceptors (Lipinski definition) is 5. The van der Waals surface area contributed by atoms with Gasteiger partial charge in [-0.1, -0.05) is 41.1 Å². The van der Waals surface area contributed by atoms with E-state index in [0.717, 1.165) is 22.4 Å². The highest BCUT2D eigenvalue weighted by molar-refractivity contribution is 7.89. The number of sulfonamides is 1. The van der Waals surface area contributed by atoms with Gasteiger partial charge in [0.1, 0.15) is 0 Å². The number of thiazole rings is 1. The fraction of sp³-hybridized carbons (Fsp3) is 0.364. The van der Waals surface area contributed by atoms with E-state index in [1.807, 2.05) is 25.1 Å². The van der Waals surface area contributed by atoms with Crippen LogP contribution in [0.5, 0.6) is 0 Å². The van der Waals surface area contributed by atoms with E-state index in [0.29, 0.717) is 35.7 Å². The monoisotopic (exact) mass is 493 g/mol. The Kier molecular flexibility index (Phi) is 6.71. The molecule has 1 amide bonds. The molecule has 0 unspecified atom stereocenters. The Bertz CT molecular complexity index is 1310. The molecule has 7 nitrogen and oxygen atoms in total. The van der Waals surface area contributed by atoms with Crippen LogP contribution in [0.15, 0.2) is 52.2 Å². The van der Waals surface area contributed by atoms with E-state index in [1.165, 1.54) is 4.31 Å². The summed E-state index contributed by atoms with van der Waals surface area (Å²) in [5.41, 5.74) is 1.59. The normalized spacial score (nSPS) is 15.8. The van der Waals surface area contributed by atoms with Crippen molar-refractivity contribution < 1.29 is 13.2 Å². The molecule has 1 saturated heterocycles. The molecule has 170 valence electrons. The van der Waals surface area contributed by atoms with Crippen LogP contribution < -0.4 is 10.2 Å². The van der Waals surface area contributed by atoms with Gasteiger partial charge >= 0.3 is 4.87 Å². The lowest BCUT2D eigenvalue weighted by atomic mass is 9.97. The largest absolute Gasteiger partial charge is 0.352 e. The molecule has 32 heavy (non-hydrogen) atoms. The van der Waals surface area contributed by atoms with Crippen molar-refractivity contribution in [1.29, 1.82) is 0 Å². The third-order valence-electron chi connectivity index (χ3n) is 5.83. The molecule has 0 radical (unpaired) electrons. The zero-order chi connectivity index (χ0) is 22.9. The van der Waals surface area contributed by atoms with Crippen molar-refractivity contribution in [2.24, 2.45) is 5.92 Å². The first-order chi connectivity index (χ1) is 15.3. The highest BCUT2D eigenvalue weighted by Crippen LogP contribution is 2.27. The molecule has 2 aromatic carbocycles. The Morgan fingerprint density at radius 3 is 2.59 bits per heavy atom. The first kappa shape index (κ1) is 23.0. The first-order valence-electron chi connectivity index (χ1n) is 10.5. The highest BCUT2D eigenvalue weighted by atomic mass is 35.5. The molecule has 1 aliphatic heterocycles. The first-order valence-corrected chi connectivity index (χ1v) is 13.1. The van der Waals surface area contributed by atoms with Crippen molar-refractivity contribution in [3.63, 3.8) is 0 Å². The van der Waals surface area contributed by atoms with Crippen LogP contribution in [0.1, 0.15) is 25.3 Å². The Labute approximate surface area is 195 Å². The van der Waals surface area contributed by atoms with Crippen LogP contribution in [0.3, 0.4) is 0 Å².